The summed E-state index contributed by atoms with van der Waals surface area (Å²) in [7, 11) is 0. The van der Waals surface area contributed by atoms with Gasteiger partial charge < -0.3 is 5.32 Å². The molecule has 26 heavy (non-hydrogen) atoms. The number of nitrogens with zero attached hydrogens (tertiary/aromatic N) is 1. The van der Waals surface area contributed by atoms with Gasteiger partial charge in [-0.1, -0.05) is 13.8 Å². The van der Waals surface area contributed by atoms with E-state index >= 15 is 0 Å². The highest BCUT2D eigenvalue weighted by molar-refractivity contribution is 5.73. The predicted octanol–water partition coefficient (Wildman–Crippen LogP) is 4.18. The molecule has 4 aliphatic rings. The Bertz CT molecular complexity index is 608. The molecule has 146 valence electrons. The first kappa shape index (κ1) is 18.2. The van der Waals surface area contributed by atoms with Gasteiger partial charge in [0.15, 0.2) is 0 Å². The van der Waals surface area contributed by atoms with Gasteiger partial charge in [0.25, 0.3) is 0 Å². The number of carbonyl (C=O) groups excluding carboxylic acids is 1. The van der Waals surface area contributed by atoms with Gasteiger partial charge in [0.2, 0.25) is 11.9 Å². The van der Waals surface area contributed by atoms with Crippen molar-refractivity contribution in [3.63, 3.8) is 0 Å². The maximum absolute atomic E-state index is 11.6. The molecule has 4 fully saturated rings. The van der Waals surface area contributed by atoms with E-state index in [1.165, 1.54) is 25.7 Å². The quantitative estimate of drug-likeness (QED) is 0.591. The second kappa shape index (κ2) is 6.20. The number of nitrogens with one attached hydrogen (secondary N) is 1. The number of fused-ring (bicyclic) bond motifs is 5. The van der Waals surface area contributed by atoms with Crippen molar-refractivity contribution in [2.45, 2.75) is 90.6 Å². The molecule has 0 aromatic rings. The maximum Gasteiger partial charge on any atom is 0.218 e. The van der Waals surface area contributed by atoms with Crippen molar-refractivity contribution in [2.24, 2.45) is 34.5 Å². The average molecular weight is 363 g/mol. The monoisotopic (exact) mass is 362 g/mol. The van der Waals surface area contributed by atoms with Crippen LogP contribution in [0.15, 0.2) is 0 Å². The molecule has 1 amide bonds. The van der Waals surface area contributed by atoms with Crippen molar-refractivity contribution in [2.75, 3.05) is 0 Å². The van der Waals surface area contributed by atoms with E-state index < -0.39 is 0 Å². The highest BCUT2D eigenvalue weighted by Gasteiger charge is 2.63. The molecule has 4 rings (SSSR count). The molecule has 0 aromatic heterocycles. The third kappa shape index (κ3) is 2.60. The lowest BCUT2D eigenvalue weighted by Crippen LogP contribution is -2.56. The highest BCUT2D eigenvalue weighted by Crippen LogP contribution is 2.66. The summed E-state index contributed by atoms with van der Waals surface area (Å²) in [5.74, 6) is 2.74. The van der Waals surface area contributed by atoms with Crippen LogP contribution in [0, 0.1) is 44.6 Å². The molecule has 0 unspecified atom stereocenters. The van der Waals surface area contributed by atoms with E-state index in [1.807, 2.05) is 0 Å². The molecule has 8 atom stereocenters. The number of carbonyl (C=O) groups is 1. The summed E-state index contributed by atoms with van der Waals surface area (Å²) in [5.41, 5.74) is 0.285. The van der Waals surface area contributed by atoms with Crippen LogP contribution in [0.2, 0.25) is 0 Å². The Hall–Kier alpha value is -1.13. The Morgan fingerprint density at radius 3 is 2.38 bits per heavy atom. The molecule has 0 spiro atoms. The number of amides is 1. The van der Waals surface area contributed by atoms with Gasteiger partial charge in [-0.3, -0.25) is 14.9 Å². The van der Waals surface area contributed by atoms with Crippen LogP contribution in [-0.2, 0) is 4.79 Å². The summed E-state index contributed by atoms with van der Waals surface area (Å²) in [6.45, 7) is 6.34. The standard InChI is InChI=1S/C21H34N2O3/c1-13(24)22-15-8-10-20(2)14(12-15)4-5-16-17-6-7-19(23(25)26)21(17,3)11-9-18(16)20/h14-19H,4-12H2,1-3H3,(H,22,24)/t14-,15+,16-,17-,18-,19-,20-,21-/m0/s1. The van der Waals surface area contributed by atoms with Crippen molar-refractivity contribution >= 4 is 5.91 Å². The van der Waals surface area contributed by atoms with Crippen molar-refractivity contribution in [1.29, 1.82) is 0 Å². The number of hydrogen-bond donors (Lipinski definition) is 1. The molecule has 0 bridgehead atoms. The molecule has 1 N–H and O–H groups in total. The molecular formula is C21H34N2O3. The second-order valence-corrected chi connectivity index (χ2v) is 10.3. The summed E-state index contributed by atoms with van der Waals surface area (Å²) < 4.78 is 0. The third-order valence-corrected chi connectivity index (χ3v) is 9.28. The first-order valence-electron chi connectivity index (χ1n) is 10.7. The molecule has 0 saturated heterocycles. The van der Waals surface area contributed by atoms with E-state index in [0.29, 0.717) is 29.2 Å². The van der Waals surface area contributed by atoms with Crippen LogP contribution in [0.3, 0.4) is 0 Å². The van der Waals surface area contributed by atoms with Crippen LogP contribution in [-0.4, -0.2) is 22.9 Å². The molecule has 4 aliphatic carbocycles. The minimum atomic E-state index is -0.325. The highest BCUT2D eigenvalue weighted by atomic mass is 16.6. The number of nitro groups is 1. The van der Waals surface area contributed by atoms with Gasteiger partial charge in [-0.05, 0) is 80.5 Å². The van der Waals surface area contributed by atoms with Gasteiger partial charge in [0, 0.05) is 29.7 Å². The minimum Gasteiger partial charge on any atom is -0.354 e. The first-order valence-corrected chi connectivity index (χ1v) is 10.7. The first-order chi connectivity index (χ1) is 12.3. The Labute approximate surface area is 156 Å². The second-order valence-electron chi connectivity index (χ2n) is 10.3. The summed E-state index contributed by atoms with van der Waals surface area (Å²) in [4.78, 5) is 23.1. The average Bonchev–Trinajstić information content (AvgIpc) is 2.92. The molecule has 5 nitrogen and oxygen atoms in total. The lowest BCUT2D eigenvalue weighted by Gasteiger charge is -2.60. The van der Waals surface area contributed by atoms with E-state index in [0.717, 1.165) is 38.0 Å². The fourth-order valence-electron chi connectivity index (χ4n) is 8.00. The Kier molecular flexibility index (Phi) is 4.35. The zero-order valence-corrected chi connectivity index (χ0v) is 16.5. The Morgan fingerprint density at radius 1 is 1.00 bits per heavy atom. The molecule has 0 aromatic carbocycles. The topological polar surface area (TPSA) is 72.2 Å². The molecule has 4 saturated carbocycles. The van der Waals surface area contributed by atoms with Gasteiger partial charge in [-0.2, -0.15) is 0 Å². The van der Waals surface area contributed by atoms with Crippen molar-refractivity contribution < 1.29 is 9.72 Å². The Morgan fingerprint density at radius 2 is 1.69 bits per heavy atom. The zero-order valence-electron chi connectivity index (χ0n) is 16.5. The predicted molar refractivity (Wildman–Crippen MR) is 100 cm³/mol. The van der Waals surface area contributed by atoms with Gasteiger partial charge in [-0.15, -0.1) is 0 Å². The summed E-state index contributed by atoms with van der Waals surface area (Å²) in [6, 6.07) is 0.0239. The lowest BCUT2D eigenvalue weighted by molar-refractivity contribution is -0.540. The normalized spacial score (nSPS) is 50.3. The molecular weight excluding hydrogens is 328 g/mol. The van der Waals surface area contributed by atoms with Crippen LogP contribution >= 0.6 is 0 Å². The van der Waals surface area contributed by atoms with Crippen molar-refractivity contribution in [3.8, 4) is 0 Å². The maximum atomic E-state index is 11.6. The number of hydrogen-bond acceptors (Lipinski definition) is 3. The fraction of sp³-hybridized carbons (Fsp3) is 0.952. The smallest absolute Gasteiger partial charge is 0.218 e. The lowest BCUT2D eigenvalue weighted by atomic mass is 9.45. The minimum absolute atomic E-state index is 0.0201. The van der Waals surface area contributed by atoms with Crippen LogP contribution in [0.1, 0.15) is 78.6 Å². The van der Waals surface area contributed by atoms with Gasteiger partial charge in [0.05, 0.1) is 0 Å². The number of rotatable bonds is 2. The zero-order chi connectivity index (χ0) is 18.7. The molecule has 0 heterocycles. The van der Waals surface area contributed by atoms with E-state index in [9.17, 15) is 14.9 Å². The van der Waals surface area contributed by atoms with Gasteiger partial charge in [-0.25, -0.2) is 0 Å². The molecule has 0 radical (unpaired) electrons. The largest absolute Gasteiger partial charge is 0.354 e. The SMILES string of the molecule is CC(=O)N[C@@H]1CC[C@@]2(C)[C@@H](CC[C@@H]3[C@@H]2CC[C@]2(C)[C@@H]([N+](=O)[O-])CC[C@@H]32)C1. The summed E-state index contributed by atoms with van der Waals surface area (Å²) in [5, 5.41) is 14.8. The van der Waals surface area contributed by atoms with Crippen LogP contribution < -0.4 is 5.32 Å². The summed E-state index contributed by atoms with van der Waals surface area (Å²) >= 11 is 0. The summed E-state index contributed by atoms with van der Waals surface area (Å²) in [6.07, 6.45) is 9.92. The van der Waals surface area contributed by atoms with Crippen LogP contribution in [0.4, 0.5) is 0 Å². The molecule has 0 aliphatic heterocycles. The van der Waals surface area contributed by atoms with Gasteiger partial charge in [0.1, 0.15) is 0 Å². The fourth-order valence-corrected chi connectivity index (χ4v) is 8.00. The molecule has 5 heteroatoms. The van der Waals surface area contributed by atoms with Crippen LogP contribution in [0.5, 0.6) is 0 Å². The van der Waals surface area contributed by atoms with E-state index in [1.54, 1.807) is 6.92 Å². The Balaban J connectivity index is 1.54. The van der Waals surface area contributed by atoms with E-state index in [4.69, 9.17) is 0 Å². The van der Waals surface area contributed by atoms with E-state index in [2.05, 4.69) is 19.2 Å². The van der Waals surface area contributed by atoms with Gasteiger partial charge >= 0.3 is 0 Å². The van der Waals surface area contributed by atoms with Crippen molar-refractivity contribution in [1.82, 2.24) is 5.32 Å². The van der Waals surface area contributed by atoms with E-state index in [-0.39, 0.29) is 22.3 Å². The van der Waals surface area contributed by atoms with Crippen LogP contribution in [0.25, 0.3) is 0 Å². The van der Waals surface area contributed by atoms with Crippen molar-refractivity contribution in [3.05, 3.63) is 10.1 Å². The third-order valence-electron chi connectivity index (χ3n) is 9.28.